The standard InChI is InChI=1S/C36H31ClF3N3O4/c1-45-32-17-27-30(18-33(32)46-20-35(12-13-35)42-19-21-5-6-21)41-14-11-31(27)47-24-8-9-25-22(15-24)3-2-4-26(25)34(44)43-23-7-10-29(37)28(16-23)36(38,39)40/h2-4,7-11,14-18,21,42H,5-6,12-13,19-20H2,1H3,(H,43,44). The quantitative estimate of drug-likeness (QED) is 0.147. The van der Waals surface area contributed by atoms with Gasteiger partial charge in [0.05, 0.1) is 28.8 Å². The molecule has 2 N–H and O–H groups in total. The molecule has 7 nitrogen and oxygen atoms in total. The number of ether oxygens (including phenoxy) is 3. The topological polar surface area (TPSA) is 81.7 Å². The van der Waals surface area contributed by atoms with Gasteiger partial charge < -0.3 is 24.8 Å². The van der Waals surface area contributed by atoms with Crippen LogP contribution in [0.1, 0.15) is 41.6 Å². The number of methoxy groups -OCH3 is 1. The number of rotatable bonds is 11. The van der Waals surface area contributed by atoms with Gasteiger partial charge in [-0.2, -0.15) is 13.2 Å². The predicted octanol–water partition coefficient (Wildman–Crippen LogP) is 9.02. The van der Waals surface area contributed by atoms with Crippen LogP contribution in [-0.4, -0.2) is 36.7 Å². The maximum atomic E-state index is 13.3. The Kier molecular flexibility index (Phi) is 8.09. The monoisotopic (exact) mass is 661 g/mol. The molecule has 7 rings (SSSR count). The number of hydrogen-bond acceptors (Lipinski definition) is 6. The first-order valence-corrected chi connectivity index (χ1v) is 15.7. The van der Waals surface area contributed by atoms with Crippen molar-refractivity contribution in [2.45, 2.75) is 37.4 Å². The Hall–Kier alpha value is -4.54. The normalized spacial score (nSPS) is 15.4. The number of fused-ring (bicyclic) bond motifs is 2. The summed E-state index contributed by atoms with van der Waals surface area (Å²) in [5.74, 6) is 2.51. The van der Waals surface area contributed by atoms with E-state index in [1.54, 1.807) is 49.7 Å². The second-order valence-electron chi connectivity index (χ2n) is 12.2. The molecule has 0 atom stereocenters. The Bertz CT molecular complexity index is 1990. The number of benzene rings is 4. The van der Waals surface area contributed by atoms with E-state index in [0.717, 1.165) is 42.8 Å². The van der Waals surface area contributed by atoms with Crippen LogP contribution >= 0.6 is 11.6 Å². The van der Waals surface area contributed by atoms with Gasteiger partial charge in [0.2, 0.25) is 0 Å². The van der Waals surface area contributed by atoms with Gasteiger partial charge in [0.1, 0.15) is 18.1 Å². The lowest BCUT2D eigenvalue weighted by Crippen LogP contribution is -2.38. The van der Waals surface area contributed by atoms with Crippen LogP contribution in [0.25, 0.3) is 21.7 Å². The third-order valence-electron chi connectivity index (χ3n) is 8.66. The Labute approximate surface area is 274 Å². The van der Waals surface area contributed by atoms with Crippen LogP contribution in [0.2, 0.25) is 5.02 Å². The summed E-state index contributed by atoms with van der Waals surface area (Å²) in [6.07, 6.45) is 1.81. The van der Waals surface area contributed by atoms with Crippen molar-refractivity contribution >= 4 is 44.9 Å². The number of anilines is 1. The molecule has 5 aromatic rings. The van der Waals surface area contributed by atoms with E-state index in [1.165, 1.54) is 18.9 Å². The first-order valence-electron chi connectivity index (χ1n) is 15.3. The molecule has 0 aliphatic heterocycles. The average Bonchev–Trinajstić information content (AvgIpc) is 3.99. The number of nitrogens with one attached hydrogen (secondary N) is 2. The molecular formula is C36H31ClF3N3O4. The van der Waals surface area contributed by atoms with Gasteiger partial charge in [-0.25, -0.2) is 0 Å². The molecular weight excluding hydrogens is 631 g/mol. The van der Waals surface area contributed by atoms with E-state index in [-0.39, 0.29) is 11.2 Å². The molecule has 0 unspecified atom stereocenters. The number of hydrogen-bond donors (Lipinski definition) is 2. The van der Waals surface area contributed by atoms with Crippen molar-refractivity contribution in [1.29, 1.82) is 0 Å². The van der Waals surface area contributed by atoms with E-state index in [2.05, 4.69) is 15.6 Å². The van der Waals surface area contributed by atoms with E-state index in [4.69, 9.17) is 25.8 Å². The summed E-state index contributed by atoms with van der Waals surface area (Å²) >= 11 is 5.73. The first-order chi connectivity index (χ1) is 22.6. The van der Waals surface area contributed by atoms with Gasteiger partial charge in [-0.15, -0.1) is 0 Å². The van der Waals surface area contributed by atoms with Crippen molar-refractivity contribution in [3.05, 3.63) is 95.1 Å². The van der Waals surface area contributed by atoms with Crippen molar-refractivity contribution in [3.8, 4) is 23.0 Å². The zero-order valence-corrected chi connectivity index (χ0v) is 26.2. The molecule has 0 saturated heterocycles. The molecule has 47 heavy (non-hydrogen) atoms. The zero-order chi connectivity index (χ0) is 32.8. The molecule has 0 radical (unpaired) electrons. The molecule has 1 heterocycles. The summed E-state index contributed by atoms with van der Waals surface area (Å²) in [6.45, 7) is 1.60. The Balaban J connectivity index is 1.10. The fourth-order valence-electron chi connectivity index (χ4n) is 5.58. The maximum absolute atomic E-state index is 13.3. The summed E-state index contributed by atoms with van der Waals surface area (Å²) in [7, 11) is 1.60. The van der Waals surface area contributed by atoms with Crippen LogP contribution in [0.4, 0.5) is 18.9 Å². The molecule has 242 valence electrons. The average molecular weight is 662 g/mol. The van der Waals surface area contributed by atoms with E-state index < -0.39 is 22.7 Å². The van der Waals surface area contributed by atoms with E-state index in [0.29, 0.717) is 51.5 Å². The van der Waals surface area contributed by atoms with Gasteiger partial charge in [0, 0.05) is 28.9 Å². The Morgan fingerprint density at radius 3 is 2.55 bits per heavy atom. The lowest BCUT2D eigenvalue weighted by atomic mass is 10.0. The van der Waals surface area contributed by atoms with Crippen molar-refractivity contribution in [2.75, 3.05) is 25.6 Å². The number of amides is 1. The van der Waals surface area contributed by atoms with E-state index in [9.17, 15) is 18.0 Å². The highest BCUT2D eigenvalue weighted by Gasteiger charge is 2.44. The first kappa shape index (κ1) is 31.1. The fraction of sp³-hybridized carbons (Fsp3) is 0.278. The second-order valence-corrected chi connectivity index (χ2v) is 12.6. The Morgan fingerprint density at radius 2 is 1.81 bits per heavy atom. The number of aromatic nitrogens is 1. The SMILES string of the molecule is COc1cc2c(Oc3ccc4c(C(=O)Nc5ccc(Cl)c(C(F)(F)F)c5)cccc4c3)ccnc2cc1OCC1(NCC2CC2)CC1. The number of alkyl halides is 3. The lowest BCUT2D eigenvalue weighted by molar-refractivity contribution is -0.137. The molecule has 2 aliphatic rings. The maximum Gasteiger partial charge on any atom is 0.417 e. The third kappa shape index (κ3) is 6.80. The predicted molar refractivity (Wildman–Crippen MR) is 175 cm³/mol. The van der Waals surface area contributed by atoms with Gasteiger partial charge in [0.25, 0.3) is 5.91 Å². The van der Waals surface area contributed by atoms with E-state index >= 15 is 0 Å². The van der Waals surface area contributed by atoms with Gasteiger partial charge in [-0.05, 0) is 104 Å². The minimum Gasteiger partial charge on any atom is -0.493 e. The summed E-state index contributed by atoms with van der Waals surface area (Å²) in [4.78, 5) is 17.7. The van der Waals surface area contributed by atoms with Crippen LogP contribution < -0.4 is 24.8 Å². The minimum atomic E-state index is -4.65. The smallest absolute Gasteiger partial charge is 0.417 e. The molecule has 0 bridgehead atoms. The second kappa shape index (κ2) is 12.2. The van der Waals surface area contributed by atoms with Gasteiger partial charge in [0.15, 0.2) is 11.5 Å². The number of nitrogens with zero attached hydrogens (tertiary/aromatic N) is 1. The summed E-state index contributed by atoms with van der Waals surface area (Å²) in [5.41, 5.74) is -0.0340. The largest absolute Gasteiger partial charge is 0.493 e. The molecule has 1 aromatic heterocycles. The number of carbonyl (C=O) groups excluding carboxylic acids is 1. The molecule has 2 saturated carbocycles. The fourth-order valence-corrected chi connectivity index (χ4v) is 5.81. The number of carbonyl (C=O) groups is 1. The van der Waals surface area contributed by atoms with Crippen molar-refractivity contribution < 1.29 is 32.2 Å². The van der Waals surface area contributed by atoms with Gasteiger partial charge in [-0.3, -0.25) is 9.78 Å². The van der Waals surface area contributed by atoms with Crippen LogP contribution in [-0.2, 0) is 6.18 Å². The molecule has 0 spiro atoms. The highest BCUT2D eigenvalue weighted by molar-refractivity contribution is 6.31. The molecule has 2 fully saturated rings. The Morgan fingerprint density at radius 1 is 0.979 bits per heavy atom. The molecule has 4 aromatic carbocycles. The summed E-state index contributed by atoms with van der Waals surface area (Å²) < 4.78 is 58.2. The molecule has 1 amide bonds. The van der Waals surface area contributed by atoms with Crippen LogP contribution in [0, 0.1) is 5.92 Å². The minimum absolute atomic E-state index is 0.0190. The van der Waals surface area contributed by atoms with Crippen molar-refractivity contribution in [1.82, 2.24) is 10.3 Å². The number of halogens is 4. The van der Waals surface area contributed by atoms with Crippen LogP contribution in [0.15, 0.2) is 79.0 Å². The van der Waals surface area contributed by atoms with Gasteiger partial charge >= 0.3 is 6.18 Å². The molecule has 11 heteroatoms. The molecule has 2 aliphatic carbocycles. The summed E-state index contributed by atoms with van der Waals surface area (Å²) in [5, 5.41) is 7.84. The number of pyridine rings is 1. The van der Waals surface area contributed by atoms with Crippen LogP contribution in [0.5, 0.6) is 23.0 Å². The van der Waals surface area contributed by atoms with Crippen molar-refractivity contribution in [3.63, 3.8) is 0 Å². The van der Waals surface area contributed by atoms with Crippen molar-refractivity contribution in [2.24, 2.45) is 5.92 Å². The van der Waals surface area contributed by atoms with E-state index in [1.807, 2.05) is 18.2 Å². The highest BCUT2D eigenvalue weighted by Crippen LogP contribution is 2.42. The van der Waals surface area contributed by atoms with Crippen LogP contribution in [0.3, 0.4) is 0 Å². The summed E-state index contributed by atoms with van der Waals surface area (Å²) in [6, 6.07) is 19.1. The third-order valence-corrected chi connectivity index (χ3v) is 8.99. The lowest BCUT2D eigenvalue weighted by Gasteiger charge is -2.20. The van der Waals surface area contributed by atoms with Gasteiger partial charge in [-0.1, -0.05) is 23.7 Å². The highest BCUT2D eigenvalue weighted by atomic mass is 35.5. The zero-order valence-electron chi connectivity index (χ0n) is 25.4.